The van der Waals surface area contributed by atoms with Gasteiger partial charge in [-0.15, -0.1) is 0 Å². The molecule has 0 radical (unpaired) electrons. The minimum atomic E-state index is -4.65. The van der Waals surface area contributed by atoms with Gasteiger partial charge in [0.25, 0.3) is 5.91 Å². The van der Waals surface area contributed by atoms with Gasteiger partial charge in [0.05, 0.1) is 13.1 Å². The van der Waals surface area contributed by atoms with Crippen LogP contribution in [0.3, 0.4) is 0 Å². The maximum Gasteiger partial charge on any atom is 0.410 e. The SMILES string of the molecule is O=C(NC(c1nc2c(F)c(CN3CC(C(F)(F)F)NC3=O)ccc2o1)C1CCC(F)(F)CC1)c1nonc1C1CC1. The third kappa shape index (κ3) is 5.43. The summed E-state index contributed by atoms with van der Waals surface area (Å²) in [5, 5.41) is 12.1. The minimum Gasteiger partial charge on any atom is -0.438 e. The number of carbonyl (C=O) groups is 2. The van der Waals surface area contributed by atoms with Gasteiger partial charge < -0.3 is 20.0 Å². The van der Waals surface area contributed by atoms with Gasteiger partial charge in [-0.3, -0.25) is 4.79 Å². The van der Waals surface area contributed by atoms with Crippen molar-refractivity contribution in [3.63, 3.8) is 0 Å². The average molecular weight is 586 g/mol. The third-order valence-corrected chi connectivity index (χ3v) is 7.82. The molecule has 16 heteroatoms. The van der Waals surface area contributed by atoms with Crippen molar-refractivity contribution in [2.75, 3.05) is 6.54 Å². The maximum absolute atomic E-state index is 15.5. The van der Waals surface area contributed by atoms with Crippen molar-refractivity contribution in [1.82, 2.24) is 30.8 Å². The van der Waals surface area contributed by atoms with Gasteiger partial charge in [0.15, 0.2) is 17.1 Å². The van der Waals surface area contributed by atoms with Crippen LogP contribution in [0.25, 0.3) is 11.1 Å². The average Bonchev–Trinajstić information content (AvgIpc) is 3.29. The summed E-state index contributed by atoms with van der Waals surface area (Å²) in [5.74, 6) is -5.05. The molecule has 3 heterocycles. The molecule has 2 saturated carbocycles. The molecule has 10 nitrogen and oxygen atoms in total. The van der Waals surface area contributed by atoms with E-state index in [0.717, 1.165) is 17.7 Å². The Hall–Kier alpha value is -3.85. The van der Waals surface area contributed by atoms with Crippen LogP contribution in [0.15, 0.2) is 21.2 Å². The number of carbonyl (C=O) groups excluding carboxylic acids is 2. The molecule has 3 aromatic rings. The van der Waals surface area contributed by atoms with E-state index >= 15 is 4.39 Å². The standard InChI is InChI=1S/C25H24F6N6O4/c26-16-13(9-37-10-15(25(29,30)31)32-23(37)39)3-4-14-19(16)34-22(40-14)18(12-5-7-24(27,28)8-6-12)33-21(38)20-17(11-1-2-11)35-41-36-20/h3-4,11-12,15,18H,1-2,5-10H2,(H,32,39)(H,33,38). The second-order valence-electron chi connectivity index (χ2n) is 10.8. The Morgan fingerprint density at radius 3 is 2.56 bits per heavy atom. The van der Waals surface area contributed by atoms with E-state index in [4.69, 9.17) is 9.05 Å². The van der Waals surface area contributed by atoms with Crippen molar-refractivity contribution < 1.29 is 45.0 Å². The van der Waals surface area contributed by atoms with Crippen LogP contribution in [-0.2, 0) is 6.54 Å². The highest BCUT2D eigenvalue weighted by Gasteiger charge is 2.47. The second kappa shape index (κ2) is 9.91. The summed E-state index contributed by atoms with van der Waals surface area (Å²) in [6.07, 6.45) is -3.80. The number of fused-ring (bicyclic) bond motifs is 1. The van der Waals surface area contributed by atoms with Gasteiger partial charge in [-0.1, -0.05) is 11.2 Å². The van der Waals surface area contributed by atoms with E-state index in [9.17, 15) is 31.5 Å². The highest BCUT2D eigenvalue weighted by atomic mass is 19.4. The van der Waals surface area contributed by atoms with Crippen LogP contribution in [0.5, 0.6) is 0 Å². The first-order valence-corrected chi connectivity index (χ1v) is 13.1. The molecule has 41 heavy (non-hydrogen) atoms. The molecular weight excluding hydrogens is 562 g/mol. The van der Waals surface area contributed by atoms with Gasteiger partial charge in [-0.2, -0.15) is 13.2 Å². The number of oxazole rings is 1. The molecule has 1 saturated heterocycles. The summed E-state index contributed by atoms with van der Waals surface area (Å²) >= 11 is 0. The number of amides is 3. The zero-order valence-corrected chi connectivity index (χ0v) is 21.3. The van der Waals surface area contributed by atoms with Crippen LogP contribution < -0.4 is 10.6 Å². The van der Waals surface area contributed by atoms with E-state index in [1.54, 1.807) is 0 Å². The predicted molar refractivity (Wildman–Crippen MR) is 126 cm³/mol. The Kier molecular flexibility index (Phi) is 6.60. The number of nitrogens with one attached hydrogen (secondary N) is 2. The van der Waals surface area contributed by atoms with Gasteiger partial charge in [0.2, 0.25) is 11.8 Å². The quantitative estimate of drug-likeness (QED) is 0.374. The van der Waals surface area contributed by atoms with Crippen molar-refractivity contribution in [3.05, 3.63) is 40.8 Å². The Morgan fingerprint density at radius 1 is 1.17 bits per heavy atom. The summed E-state index contributed by atoms with van der Waals surface area (Å²) in [7, 11) is 0. The lowest BCUT2D eigenvalue weighted by molar-refractivity contribution is -0.149. The number of alkyl halides is 5. The molecule has 0 spiro atoms. The predicted octanol–water partition coefficient (Wildman–Crippen LogP) is 4.98. The zero-order chi connectivity index (χ0) is 29.1. The number of hydrogen-bond donors (Lipinski definition) is 2. The summed E-state index contributed by atoms with van der Waals surface area (Å²) in [6, 6.07) is -1.47. The fraction of sp³-hybridized carbons (Fsp3) is 0.560. The Labute approximate surface area is 227 Å². The van der Waals surface area contributed by atoms with E-state index < -0.39 is 73.8 Å². The lowest BCUT2D eigenvalue weighted by Gasteiger charge is -2.32. The largest absolute Gasteiger partial charge is 0.438 e. The van der Waals surface area contributed by atoms with E-state index in [0.29, 0.717) is 5.69 Å². The fourth-order valence-electron chi connectivity index (χ4n) is 5.36. The topological polar surface area (TPSA) is 126 Å². The van der Waals surface area contributed by atoms with Crippen LogP contribution in [-0.4, -0.2) is 56.8 Å². The Morgan fingerprint density at radius 2 is 1.90 bits per heavy atom. The van der Waals surface area contributed by atoms with E-state index in [1.165, 1.54) is 12.1 Å². The lowest BCUT2D eigenvalue weighted by atomic mass is 9.82. The van der Waals surface area contributed by atoms with Crippen molar-refractivity contribution >= 4 is 23.0 Å². The summed E-state index contributed by atoms with van der Waals surface area (Å²) in [5.41, 5.74) is -0.0438. The molecule has 2 atom stereocenters. The lowest BCUT2D eigenvalue weighted by Crippen LogP contribution is -2.40. The van der Waals surface area contributed by atoms with Crippen molar-refractivity contribution in [2.24, 2.45) is 5.92 Å². The first-order chi connectivity index (χ1) is 19.4. The maximum atomic E-state index is 15.5. The first-order valence-electron chi connectivity index (χ1n) is 13.1. The van der Waals surface area contributed by atoms with Crippen LogP contribution in [0.2, 0.25) is 0 Å². The number of hydrogen-bond acceptors (Lipinski definition) is 7. The summed E-state index contributed by atoms with van der Waals surface area (Å²) in [4.78, 5) is 30.3. The van der Waals surface area contributed by atoms with Crippen molar-refractivity contribution in [2.45, 2.75) is 75.2 Å². The molecule has 2 unspecified atom stereocenters. The molecule has 3 fully saturated rings. The molecule has 3 amide bonds. The number of rotatable bonds is 7. The molecule has 2 aliphatic carbocycles. The molecule has 2 aromatic heterocycles. The Bertz CT molecular complexity index is 1470. The highest BCUT2D eigenvalue weighted by Crippen LogP contribution is 2.43. The number of halogens is 6. The molecule has 0 bridgehead atoms. The van der Waals surface area contributed by atoms with E-state index in [1.807, 2.05) is 5.32 Å². The second-order valence-corrected chi connectivity index (χ2v) is 10.8. The van der Waals surface area contributed by atoms with Gasteiger partial charge in [-0.25, -0.2) is 27.6 Å². The molecule has 220 valence electrons. The van der Waals surface area contributed by atoms with Gasteiger partial charge in [0, 0.05) is 24.3 Å². The Balaban J connectivity index is 1.28. The number of nitrogens with zero attached hydrogens (tertiary/aromatic N) is 4. The molecule has 2 N–H and O–H groups in total. The highest BCUT2D eigenvalue weighted by molar-refractivity contribution is 5.93. The minimum absolute atomic E-state index is 0.0255. The third-order valence-electron chi connectivity index (χ3n) is 7.82. The van der Waals surface area contributed by atoms with Crippen LogP contribution in [0, 0.1) is 11.7 Å². The first kappa shape index (κ1) is 27.3. The van der Waals surface area contributed by atoms with Gasteiger partial charge in [-0.05, 0) is 42.8 Å². The number of urea groups is 1. The summed E-state index contributed by atoms with van der Waals surface area (Å²) in [6.45, 7) is -1.15. The molecule has 6 rings (SSSR count). The monoisotopic (exact) mass is 586 g/mol. The van der Waals surface area contributed by atoms with Crippen LogP contribution in [0.1, 0.15) is 78.1 Å². The molecule has 1 aromatic carbocycles. The summed E-state index contributed by atoms with van der Waals surface area (Å²) < 4.78 is 93.0. The molecule has 1 aliphatic heterocycles. The normalized spacial score (nSPS) is 22.2. The molecule has 3 aliphatic rings. The van der Waals surface area contributed by atoms with E-state index in [2.05, 4.69) is 20.6 Å². The van der Waals surface area contributed by atoms with Gasteiger partial charge in [0.1, 0.15) is 23.3 Å². The van der Waals surface area contributed by atoms with E-state index in [-0.39, 0.29) is 47.0 Å². The van der Waals surface area contributed by atoms with Crippen LogP contribution in [0.4, 0.5) is 31.1 Å². The number of benzene rings is 1. The number of aromatic nitrogens is 3. The van der Waals surface area contributed by atoms with Crippen molar-refractivity contribution in [1.29, 1.82) is 0 Å². The van der Waals surface area contributed by atoms with Gasteiger partial charge >= 0.3 is 12.2 Å². The fourth-order valence-corrected chi connectivity index (χ4v) is 5.36. The molecular formula is C25H24F6N6O4. The zero-order valence-electron chi connectivity index (χ0n) is 21.3. The van der Waals surface area contributed by atoms with Crippen molar-refractivity contribution in [3.8, 4) is 0 Å². The van der Waals surface area contributed by atoms with Crippen LogP contribution >= 0.6 is 0 Å². The smallest absolute Gasteiger partial charge is 0.410 e.